The van der Waals surface area contributed by atoms with Crippen LogP contribution in [-0.4, -0.2) is 35.9 Å². The highest BCUT2D eigenvalue weighted by Crippen LogP contribution is 2.40. The Morgan fingerprint density at radius 1 is 1.17 bits per heavy atom. The summed E-state index contributed by atoms with van der Waals surface area (Å²) >= 11 is 1.52. The first kappa shape index (κ1) is 20.4. The van der Waals surface area contributed by atoms with Gasteiger partial charge in [0.15, 0.2) is 0 Å². The number of rotatable bonds is 5. The van der Waals surface area contributed by atoms with Crippen LogP contribution in [-0.2, 0) is 4.79 Å². The van der Waals surface area contributed by atoms with Crippen molar-refractivity contribution in [3.8, 4) is 5.75 Å². The van der Waals surface area contributed by atoms with Gasteiger partial charge < -0.3 is 15.0 Å². The fourth-order valence-electron chi connectivity index (χ4n) is 4.03. The Bertz CT molecular complexity index is 1090. The van der Waals surface area contributed by atoms with Crippen molar-refractivity contribution in [3.05, 3.63) is 59.0 Å². The first-order valence-corrected chi connectivity index (χ1v) is 11.1. The van der Waals surface area contributed by atoms with Crippen LogP contribution >= 0.6 is 11.3 Å². The summed E-state index contributed by atoms with van der Waals surface area (Å²) in [6.45, 7) is 6.95. The molecule has 30 heavy (non-hydrogen) atoms. The number of benzene rings is 2. The maximum absolute atomic E-state index is 13.3. The zero-order valence-electron chi connectivity index (χ0n) is 17.5. The Morgan fingerprint density at radius 3 is 2.70 bits per heavy atom. The van der Waals surface area contributed by atoms with E-state index in [1.165, 1.54) is 11.3 Å². The van der Waals surface area contributed by atoms with Crippen LogP contribution in [0.2, 0.25) is 0 Å². The molecular weight excluding hydrogens is 396 g/mol. The summed E-state index contributed by atoms with van der Waals surface area (Å²) in [5.74, 6) is 0.868. The molecular formula is C24H26N2O3S. The number of hydrogen-bond acceptors (Lipinski definition) is 4. The lowest BCUT2D eigenvalue weighted by atomic mass is 9.95. The highest BCUT2D eigenvalue weighted by molar-refractivity contribution is 7.21. The van der Waals surface area contributed by atoms with Crippen LogP contribution in [0.4, 0.5) is 5.69 Å². The highest BCUT2D eigenvalue weighted by atomic mass is 32.1. The van der Waals surface area contributed by atoms with Crippen molar-refractivity contribution in [3.63, 3.8) is 0 Å². The Labute approximate surface area is 180 Å². The lowest BCUT2D eigenvalue weighted by Crippen LogP contribution is -2.25. The van der Waals surface area contributed by atoms with E-state index in [4.69, 9.17) is 4.74 Å². The van der Waals surface area contributed by atoms with Gasteiger partial charge >= 0.3 is 0 Å². The molecule has 5 nitrogen and oxygen atoms in total. The average molecular weight is 423 g/mol. The Hall–Kier alpha value is -2.86. The van der Waals surface area contributed by atoms with E-state index in [0.29, 0.717) is 12.2 Å². The minimum Gasteiger partial charge on any atom is -0.491 e. The molecule has 0 saturated carbocycles. The lowest BCUT2D eigenvalue weighted by molar-refractivity contribution is -0.127. The third kappa shape index (κ3) is 4.19. The van der Waals surface area contributed by atoms with E-state index in [2.05, 4.69) is 17.4 Å². The Kier molecular flexibility index (Phi) is 5.77. The van der Waals surface area contributed by atoms with Gasteiger partial charge in [-0.2, -0.15) is 0 Å². The fraction of sp³-hybridized carbons (Fsp3) is 0.333. The van der Waals surface area contributed by atoms with Crippen LogP contribution in [0.3, 0.4) is 0 Å². The molecule has 4 rings (SSSR count). The molecule has 2 amide bonds. The van der Waals surface area contributed by atoms with Gasteiger partial charge in [-0.3, -0.25) is 9.59 Å². The minimum atomic E-state index is -0.117. The van der Waals surface area contributed by atoms with Gasteiger partial charge in [-0.05, 0) is 49.4 Å². The smallest absolute Gasteiger partial charge is 0.266 e. The summed E-state index contributed by atoms with van der Waals surface area (Å²) in [4.78, 5) is 27.7. The van der Waals surface area contributed by atoms with E-state index in [9.17, 15) is 9.59 Å². The average Bonchev–Trinajstić information content (AvgIpc) is 3.32. The number of nitrogens with one attached hydrogen (secondary N) is 1. The van der Waals surface area contributed by atoms with Gasteiger partial charge in [0.1, 0.15) is 5.75 Å². The van der Waals surface area contributed by atoms with Crippen molar-refractivity contribution in [1.82, 2.24) is 4.90 Å². The molecule has 1 fully saturated rings. The molecule has 156 valence electrons. The maximum Gasteiger partial charge on any atom is 0.266 e. The summed E-state index contributed by atoms with van der Waals surface area (Å²) < 4.78 is 6.84. The summed E-state index contributed by atoms with van der Waals surface area (Å²) in [6.07, 6.45) is 0.940. The molecule has 0 bridgehead atoms. The number of carbonyl (C=O) groups is 2. The molecule has 1 saturated heterocycles. The fourth-order valence-corrected chi connectivity index (χ4v) is 5.21. The third-order valence-corrected chi connectivity index (χ3v) is 6.53. The van der Waals surface area contributed by atoms with Crippen LogP contribution in [0.5, 0.6) is 5.75 Å². The van der Waals surface area contributed by atoms with E-state index in [1.807, 2.05) is 55.1 Å². The Balaban J connectivity index is 1.65. The molecule has 2 heterocycles. The molecule has 0 radical (unpaired) electrons. The highest BCUT2D eigenvalue weighted by Gasteiger charge is 2.31. The number of likely N-dealkylation sites (tertiary alicyclic amines) is 1. The van der Waals surface area contributed by atoms with Gasteiger partial charge in [0, 0.05) is 42.4 Å². The number of ether oxygens (including phenoxy) is 1. The van der Waals surface area contributed by atoms with Crippen molar-refractivity contribution in [1.29, 1.82) is 0 Å². The minimum absolute atomic E-state index is 0.0664. The second kappa shape index (κ2) is 8.48. The molecule has 6 heteroatoms. The monoisotopic (exact) mass is 422 g/mol. The van der Waals surface area contributed by atoms with Crippen molar-refractivity contribution >= 4 is 38.9 Å². The van der Waals surface area contributed by atoms with Gasteiger partial charge in [-0.25, -0.2) is 0 Å². The lowest BCUT2D eigenvalue weighted by Gasteiger charge is -2.15. The number of hydrogen-bond donors (Lipinski definition) is 1. The van der Waals surface area contributed by atoms with Gasteiger partial charge in [-0.15, -0.1) is 11.3 Å². The first-order chi connectivity index (χ1) is 14.4. The largest absolute Gasteiger partial charge is 0.491 e. The van der Waals surface area contributed by atoms with E-state index in [0.717, 1.165) is 39.2 Å². The quantitative estimate of drug-likeness (QED) is 0.609. The molecule has 1 aromatic heterocycles. The molecule has 2 aromatic carbocycles. The molecule has 3 aromatic rings. The SMILES string of the molecule is CC(=O)N1CC[C@@H](c2c(C(=O)Nc3cccc(OC(C)C)c3)sc3ccccc23)C1. The van der Waals surface area contributed by atoms with Gasteiger partial charge in [0.2, 0.25) is 5.91 Å². The normalized spacial score (nSPS) is 16.3. The third-order valence-electron chi connectivity index (χ3n) is 5.35. The zero-order valence-corrected chi connectivity index (χ0v) is 18.3. The summed E-state index contributed by atoms with van der Waals surface area (Å²) in [5, 5.41) is 4.15. The van der Waals surface area contributed by atoms with Crippen LogP contribution in [0, 0.1) is 0 Å². The molecule has 1 atom stereocenters. The number of nitrogens with zero attached hydrogens (tertiary/aromatic N) is 1. The number of amides is 2. The standard InChI is InChI=1S/C24H26N2O3S/c1-15(2)29-19-8-6-7-18(13-19)25-24(28)23-22(17-11-12-26(14-17)16(3)27)20-9-4-5-10-21(20)30-23/h4-10,13,15,17H,11-12,14H2,1-3H3,(H,25,28)/t17-/m1/s1. The summed E-state index contributed by atoms with van der Waals surface area (Å²) in [7, 11) is 0. The van der Waals surface area contributed by atoms with Crippen molar-refractivity contribution in [2.24, 2.45) is 0 Å². The topological polar surface area (TPSA) is 58.6 Å². The van der Waals surface area contributed by atoms with Gasteiger partial charge in [-0.1, -0.05) is 24.3 Å². The van der Waals surface area contributed by atoms with Gasteiger partial charge in [0.25, 0.3) is 5.91 Å². The van der Waals surface area contributed by atoms with Crippen LogP contribution in [0.15, 0.2) is 48.5 Å². The van der Waals surface area contributed by atoms with Crippen molar-refractivity contribution < 1.29 is 14.3 Å². The molecule has 0 aliphatic carbocycles. The van der Waals surface area contributed by atoms with Crippen LogP contribution in [0.1, 0.15) is 48.3 Å². The van der Waals surface area contributed by atoms with E-state index in [-0.39, 0.29) is 23.8 Å². The number of carbonyl (C=O) groups excluding carboxylic acids is 2. The second-order valence-corrected chi connectivity index (χ2v) is 8.99. The Morgan fingerprint density at radius 2 is 1.97 bits per heavy atom. The predicted octanol–water partition coefficient (Wildman–Crippen LogP) is 5.28. The van der Waals surface area contributed by atoms with Crippen LogP contribution < -0.4 is 10.1 Å². The number of anilines is 1. The molecule has 1 aliphatic heterocycles. The second-order valence-electron chi connectivity index (χ2n) is 7.94. The van der Waals surface area contributed by atoms with E-state index < -0.39 is 0 Å². The van der Waals surface area contributed by atoms with Crippen molar-refractivity contribution in [2.75, 3.05) is 18.4 Å². The maximum atomic E-state index is 13.3. The number of fused-ring (bicyclic) bond motifs is 1. The zero-order chi connectivity index (χ0) is 21.3. The van der Waals surface area contributed by atoms with E-state index in [1.54, 1.807) is 6.92 Å². The predicted molar refractivity (Wildman–Crippen MR) is 122 cm³/mol. The molecule has 1 aliphatic rings. The summed E-state index contributed by atoms with van der Waals surface area (Å²) in [6, 6.07) is 15.6. The first-order valence-electron chi connectivity index (χ1n) is 10.3. The summed E-state index contributed by atoms with van der Waals surface area (Å²) in [5.41, 5.74) is 1.77. The van der Waals surface area contributed by atoms with Gasteiger partial charge in [0.05, 0.1) is 11.0 Å². The molecule has 1 N–H and O–H groups in total. The number of thiophene rings is 1. The molecule has 0 unspecified atom stereocenters. The van der Waals surface area contributed by atoms with Crippen LogP contribution in [0.25, 0.3) is 10.1 Å². The van der Waals surface area contributed by atoms with E-state index >= 15 is 0 Å². The van der Waals surface area contributed by atoms with Crippen molar-refractivity contribution in [2.45, 2.75) is 39.2 Å². The molecule has 0 spiro atoms.